The SMILES string of the molecule is CCNC(CSc1ccc(Br)cc1)c1cc(Cl)cnc1N. The van der Waals surface area contributed by atoms with E-state index < -0.39 is 0 Å². The normalized spacial score (nSPS) is 12.3. The Kier molecular flexibility index (Phi) is 6.36. The zero-order valence-corrected chi connectivity index (χ0v) is 14.8. The number of hydrogen-bond donors (Lipinski definition) is 2. The Labute approximate surface area is 142 Å². The van der Waals surface area contributed by atoms with Crippen molar-refractivity contribution in [1.82, 2.24) is 10.3 Å². The van der Waals surface area contributed by atoms with Crippen LogP contribution in [0.4, 0.5) is 5.82 Å². The lowest BCUT2D eigenvalue weighted by Gasteiger charge is -2.19. The molecule has 1 aromatic carbocycles. The maximum Gasteiger partial charge on any atom is 0.128 e. The van der Waals surface area contributed by atoms with Gasteiger partial charge >= 0.3 is 0 Å². The second-order valence-corrected chi connectivity index (χ2v) is 6.95. The van der Waals surface area contributed by atoms with Gasteiger partial charge in [0.1, 0.15) is 5.82 Å². The molecule has 0 aliphatic carbocycles. The summed E-state index contributed by atoms with van der Waals surface area (Å²) in [4.78, 5) is 5.36. The van der Waals surface area contributed by atoms with Gasteiger partial charge in [-0.1, -0.05) is 34.5 Å². The van der Waals surface area contributed by atoms with Crippen molar-refractivity contribution >= 4 is 45.1 Å². The molecule has 0 spiro atoms. The second kappa shape index (κ2) is 8.03. The lowest BCUT2D eigenvalue weighted by molar-refractivity contribution is 0.606. The summed E-state index contributed by atoms with van der Waals surface area (Å²) in [5.74, 6) is 1.39. The van der Waals surface area contributed by atoms with Gasteiger partial charge in [-0.2, -0.15) is 0 Å². The van der Waals surface area contributed by atoms with Gasteiger partial charge in [-0.3, -0.25) is 0 Å². The molecular weight excluding hydrogens is 370 g/mol. The Bertz CT molecular complexity index is 592. The molecule has 0 saturated carbocycles. The summed E-state index contributed by atoms with van der Waals surface area (Å²) in [6, 6.07) is 10.3. The van der Waals surface area contributed by atoms with Crippen molar-refractivity contribution < 1.29 is 0 Å². The number of nitrogens with zero attached hydrogens (tertiary/aromatic N) is 1. The number of pyridine rings is 1. The van der Waals surface area contributed by atoms with Crippen LogP contribution >= 0.6 is 39.3 Å². The van der Waals surface area contributed by atoms with Crippen molar-refractivity contribution in [3.05, 3.63) is 51.6 Å². The van der Waals surface area contributed by atoms with Crippen LogP contribution < -0.4 is 11.1 Å². The number of nitrogens with two attached hydrogens (primary N) is 1. The molecule has 112 valence electrons. The number of thioether (sulfide) groups is 1. The van der Waals surface area contributed by atoms with Crippen LogP contribution in [0, 0.1) is 0 Å². The summed E-state index contributed by atoms with van der Waals surface area (Å²) >= 11 is 11.3. The molecule has 0 aliphatic rings. The van der Waals surface area contributed by atoms with Gasteiger partial charge in [-0.05, 0) is 36.9 Å². The van der Waals surface area contributed by atoms with Crippen LogP contribution in [-0.2, 0) is 0 Å². The number of anilines is 1. The van der Waals surface area contributed by atoms with E-state index in [2.05, 4.69) is 45.3 Å². The highest BCUT2D eigenvalue weighted by molar-refractivity contribution is 9.10. The lowest BCUT2D eigenvalue weighted by atomic mass is 10.1. The van der Waals surface area contributed by atoms with E-state index in [1.807, 2.05) is 18.2 Å². The number of halogens is 2. The minimum atomic E-state index is 0.120. The highest BCUT2D eigenvalue weighted by atomic mass is 79.9. The first-order valence-electron chi connectivity index (χ1n) is 6.62. The van der Waals surface area contributed by atoms with E-state index in [9.17, 15) is 0 Å². The molecule has 1 atom stereocenters. The van der Waals surface area contributed by atoms with Crippen LogP contribution in [0.1, 0.15) is 18.5 Å². The number of nitrogens with one attached hydrogen (secondary N) is 1. The van der Waals surface area contributed by atoms with E-state index in [0.29, 0.717) is 10.8 Å². The first-order chi connectivity index (χ1) is 10.1. The Morgan fingerprint density at radius 2 is 2.10 bits per heavy atom. The predicted octanol–water partition coefficient (Wildman–Crippen LogP) is 4.52. The summed E-state index contributed by atoms with van der Waals surface area (Å²) in [6.45, 7) is 2.93. The summed E-state index contributed by atoms with van der Waals surface area (Å²) < 4.78 is 1.08. The van der Waals surface area contributed by atoms with E-state index in [1.165, 1.54) is 4.90 Å². The number of nitrogen functional groups attached to an aromatic ring is 1. The van der Waals surface area contributed by atoms with Crippen molar-refractivity contribution in [2.45, 2.75) is 17.9 Å². The van der Waals surface area contributed by atoms with Crippen LogP contribution in [0.15, 0.2) is 45.9 Å². The monoisotopic (exact) mass is 385 g/mol. The summed E-state index contributed by atoms with van der Waals surface area (Å²) in [7, 11) is 0. The Morgan fingerprint density at radius 3 is 2.76 bits per heavy atom. The number of aromatic nitrogens is 1. The van der Waals surface area contributed by atoms with Gasteiger partial charge in [0.05, 0.1) is 5.02 Å². The highest BCUT2D eigenvalue weighted by Gasteiger charge is 2.15. The fraction of sp³-hybridized carbons (Fsp3) is 0.267. The molecule has 0 radical (unpaired) electrons. The van der Waals surface area contributed by atoms with Crippen LogP contribution in [0.3, 0.4) is 0 Å². The molecule has 0 fully saturated rings. The lowest BCUT2D eigenvalue weighted by Crippen LogP contribution is -2.24. The molecule has 3 N–H and O–H groups in total. The highest BCUT2D eigenvalue weighted by Crippen LogP contribution is 2.29. The fourth-order valence-electron chi connectivity index (χ4n) is 1.96. The Morgan fingerprint density at radius 1 is 1.38 bits per heavy atom. The zero-order chi connectivity index (χ0) is 15.2. The second-order valence-electron chi connectivity index (χ2n) is 4.50. The predicted molar refractivity (Wildman–Crippen MR) is 94.9 cm³/mol. The molecule has 0 saturated heterocycles. The topological polar surface area (TPSA) is 50.9 Å². The average molecular weight is 387 g/mol. The van der Waals surface area contributed by atoms with Gasteiger partial charge in [0.15, 0.2) is 0 Å². The average Bonchev–Trinajstić information content (AvgIpc) is 2.48. The molecule has 1 aromatic heterocycles. The van der Waals surface area contributed by atoms with Gasteiger partial charge < -0.3 is 11.1 Å². The molecule has 1 heterocycles. The fourth-order valence-corrected chi connectivity index (χ4v) is 3.38. The minimum absolute atomic E-state index is 0.120. The maximum atomic E-state index is 6.04. The zero-order valence-electron chi connectivity index (χ0n) is 11.6. The van der Waals surface area contributed by atoms with Crippen LogP contribution in [-0.4, -0.2) is 17.3 Å². The molecule has 2 aromatic rings. The van der Waals surface area contributed by atoms with Crippen LogP contribution in [0.2, 0.25) is 5.02 Å². The number of benzene rings is 1. The molecule has 0 amide bonds. The number of rotatable bonds is 6. The van der Waals surface area contributed by atoms with Crippen molar-refractivity contribution in [3.63, 3.8) is 0 Å². The molecule has 0 bridgehead atoms. The van der Waals surface area contributed by atoms with Crippen LogP contribution in [0.5, 0.6) is 0 Å². The van der Waals surface area contributed by atoms with Gasteiger partial charge in [0, 0.05) is 32.9 Å². The third kappa shape index (κ3) is 4.88. The van der Waals surface area contributed by atoms with E-state index in [1.54, 1.807) is 18.0 Å². The third-order valence-corrected chi connectivity index (χ3v) is 4.81. The molecule has 21 heavy (non-hydrogen) atoms. The third-order valence-electron chi connectivity index (χ3n) is 2.97. The molecule has 0 aliphatic heterocycles. The summed E-state index contributed by atoms with van der Waals surface area (Å²) in [6.07, 6.45) is 1.57. The maximum absolute atomic E-state index is 6.04. The van der Waals surface area contributed by atoms with E-state index in [-0.39, 0.29) is 6.04 Å². The summed E-state index contributed by atoms with van der Waals surface area (Å²) in [5, 5.41) is 4.05. The molecule has 1 unspecified atom stereocenters. The molecular formula is C15H17BrClN3S. The molecule has 2 rings (SSSR count). The first-order valence-corrected chi connectivity index (χ1v) is 8.78. The Hall–Kier alpha value is -0.750. The summed E-state index contributed by atoms with van der Waals surface area (Å²) in [5.41, 5.74) is 6.94. The quantitative estimate of drug-likeness (QED) is 0.717. The number of hydrogen-bond acceptors (Lipinski definition) is 4. The van der Waals surface area contributed by atoms with Gasteiger partial charge in [0.2, 0.25) is 0 Å². The van der Waals surface area contributed by atoms with Gasteiger partial charge in [-0.15, -0.1) is 11.8 Å². The first kappa shape index (κ1) is 16.6. The van der Waals surface area contributed by atoms with Crippen molar-refractivity contribution in [2.75, 3.05) is 18.0 Å². The van der Waals surface area contributed by atoms with E-state index >= 15 is 0 Å². The molecule has 6 heteroatoms. The standard InChI is InChI=1S/C15H17BrClN3S/c1-2-19-14(13-7-11(17)8-20-15(13)18)9-21-12-5-3-10(16)4-6-12/h3-8,14,19H,2,9H2,1H3,(H2,18,20). The van der Waals surface area contributed by atoms with Crippen molar-refractivity contribution in [1.29, 1.82) is 0 Å². The molecule has 3 nitrogen and oxygen atoms in total. The minimum Gasteiger partial charge on any atom is -0.383 e. The van der Waals surface area contributed by atoms with Crippen molar-refractivity contribution in [2.24, 2.45) is 0 Å². The Balaban J connectivity index is 2.11. The van der Waals surface area contributed by atoms with Gasteiger partial charge in [-0.25, -0.2) is 4.98 Å². The van der Waals surface area contributed by atoms with Crippen LogP contribution in [0.25, 0.3) is 0 Å². The van der Waals surface area contributed by atoms with Gasteiger partial charge in [0.25, 0.3) is 0 Å². The largest absolute Gasteiger partial charge is 0.383 e. The van der Waals surface area contributed by atoms with E-state index in [0.717, 1.165) is 22.3 Å². The van der Waals surface area contributed by atoms with Crippen molar-refractivity contribution in [3.8, 4) is 0 Å². The smallest absolute Gasteiger partial charge is 0.128 e. The van der Waals surface area contributed by atoms with E-state index in [4.69, 9.17) is 17.3 Å².